The van der Waals surface area contributed by atoms with Crippen molar-refractivity contribution in [2.75, 3.05) is 50.8 Å². The molecule has 2 saturated heterocycles. The van der Waals surface area contributed by atoms with Crippen LogP contribution in [0.15, 0.2) is 24.3 Å². The first-order valence-electron chi connectivity index (χ1n) is 8.79. The maximum atomic E-state index is 11.9. The summed E-state index contributed by atoms with van der Waals surface area (Å²) in [7, 11) is 0. The molecule has 1 aromatic carbocycles. The van der Waals surface area contributed by atoms with E-state index in [4.69, 9.17) is 4.74 Å². The fourth-order valence-electron chi connectivity index (χ4n) is 3.26. The standard InChI is InChI=1S/C18H27N3O2/c22-18-15-19-9-13-21(18)16-5-7-17(8-6-16)23-14-4-12-20-10-2-1-3-11-20/h5-8,19H,1-4,9-15H2. The molecule has 0 aromatic heterocycles. The average molecular weight is 317 g/mol. The first-order chi connectivity index (χ1) is 11.3. The van der Waals surface area contributed by atoms with Crippen molar-refractivity contribution in [2.45, 2.75) is 25.7 Å². The lowest BCUT2D eigenvalue weighted by atomic mass is 10.1. The van der Waals surface area contributed by atoms with Gasteiger partial charge in [0.05, 0.1) is 13.2 Å². The molecule has 2 fully saturated rings. The molecule has 0 spiro atoms. The zero-order valence-corrected chi connectivity index (χ0v) is 13.8. The Morgan fingerprint density at radius 2 is 1.83 bits per heavy atom. The number of piperazine rings is 1. The second kappa shape index (κ2) is 8.31. The fourth-order valence-corrected chi connectivity index (χ4v) is 3.26. The summed E-state index contributed by atoms with van der Waals surface area (Å²) in [5.41, 5.74) is 0.956. The number of nitrogens with one attached hydrogen (secondary N) is 1. The molecule has 2 aliphatic heterocycles. The molecule has 5 heteroatoms. The molecular weight excluding hydrogens is 290 g/mol. The third kappa shape index (κ3) is 4.69. The molecular formula is C18H27N3O2. The predicted octanol–water partition coefficient (Wildman–Crippen LogP) is 1.88. The van der Waals surface area contributed by atoms with Crippen LogP contribution in [-0.4, -0.2) is 56.7 Å². The van der Waals surface area contributed by atoms with Crippen molar-refractivity contribution in [3.63, 3.8) is 0 Å². The Labute approximate surface area is 138 Å². The largest absolute Gasteiger partial charge is 0.494 e. The van der Waals surface area contributed by atoms with Crippen LogP contribution in [0, 0.1) is 0 Å². The molecule has 0 bridgehead atoms. The summed E-state index contributed by atoms with van der Waals surface area (Å²) in [6.07, 6.45) is 5.13. The zero-order chi connectivity index (χ0) is 15.9. The fraction of sp³-hybridized carbons (Fsp3) is 0.611. The van der Waals surface area contributed by atoms with Crippen LogP contribution in [0.4, 0.5) is 5.69 Å². The lowest BCUT2D eigenvalue weighted by Gasteiger charge is -2.27. The Morgan fingerprint density at radius 3 is 2.57 bits per heavy atom. The lowest BCUT2D eigenvalue weighted by Crippen LogP contribution is -2.48. The van der Waals surface area contributed by atoms with Crippen molar-refractivity contribution in [1.29, 1.82) is 0 Å². The number of anilines is 1. The maximum absolute atomic E-state index is 11.9. The van der Waals surface area contributed by atoms with Crippen molar-refractivity contribution in [3.05, 3.63) is 24.3 Å². The van der Waals surface area contributed by atoms with Crippen molar-refractivity contribution in [2.24, 2.45) is 0 Å². The number of hydrogen-bond donors (Lipinski definition) is 1. The highest BCUT2D eigenvalue weighted by atomic mass is 16.5. The highest BCUT2D eigenvalue weighted by Crippen LogP contribution is 2.20. The van der Waals surface area contributed by atoms with Crippen LogP contribution in [-0.2, 0) is 4.79 Å². The maximum Gasteiger partial charge on any atom is 0.240 e. The van der Waals surface area contributed by atoms with E-state index in [9.17, 15) is 4.79 Å². The monoisotopic (exact) mass is 317 g/mol. The second-order valence-electron chi connectivity index (χ2n) is 6.32. The third-order valence-electron chi connectivity index (χ3n) is 4.57. The van der Waals surface area contributed by atoms with Gasteiger partial charge in [0, 0.05) is 25.3 Å². The minimum absolute atomic E-state index is 0.131. The molecule has 2 heterocycles. The molecule has 1 amide bonds. The summed E-state index contributed by atoms with van der Waals surface area (Å²) >= 11 is 0. The van der Waals surface area contributed by atoms with E-state index >= 15 is 0 Å². The highest BCUT2D eigenvalue weighted by Gasteiger charge is 2.18. The van der Waals surface area contributed by atoms with Gasteiger partial charge in [0.1, 0.15) is 5.75 Å². The van der Waals surface area contributed by atoms with Crippen molar-refractivity contribution >= 4 is 11.6 Å². The quantitative estimate of drug-likeness (QED) is 0.814. The number of nitrogens with zero attached hydrogens (tertiary/aromatic N) is 2. The molecule has 1 aromatic rings. The molecule has 0 unspecified atom stereocenters. The Morgan fingerprint density at radius 1 is 1.04 bits per heavy atom. The Hall–Kier alpha value is -1.59. The van der Waals surface area contributed by atoms with Gasteiger partial charge in [-0.05, 0) is 56.6 Å². The Kier molecular flexibility index (Phi) is 5.88. The van der Waals surface area contributed by atoms with E-state index in [0.717, 1.165) is 44.1 Å². The van der Waals surface area contributed by atoms with Gasteiger partial charge in [-0.3, -0.25) is 4.79 Å². The van der Waals surface area contributed by atoms with Crippen LogP contribution < -0.4 is 15.0 Å². The summed E-state index contributed by atoms with van der Waals surface area (Å²) in [6.45, 7) is 6.38. The normalized spacial score (nSPS) is 19.8. The van der Waals surface area contributed by atoms with Crippen LogP contribution >= 0.6 is 0 Å². The number of piperidine rings is 1. The minimum Gasteiger partial charge on any atom is -0.494 e. The third-order valence-corrected chi connectivity index (χ3v) is 4.57. The number of ether oxygens (including phenoxy) is 1. The number of amides is 1. The molecule has 23 heavy (non-hydrogen) atoms. The van der Waals surface area contributed by atoms with Crippen molar-refractivity contribution < 1.29 is 9.53 Å². The summed E-state index contributed by atoms with van der Waals surface area (Å²) in [6, 6.07) is 7.88. The van der Waals surface area contributed by atoms with Crippen LogP contribution in [0.5, 0.6) is 5.75 Å². The zero-order valence-electron chi connectivity index (χ0n) is 13.8. The van der Waals surface area contributed by atoms with Crippen LogP contribution in [0.25, 0.3) is 0 Å². The molecule has 2 aliphatic rings. The van der Waals surface area contributed by atoms with E-state index in [1.165, 1.54) is 32.4 Å². The molecule has 0 aliphatic carbocycles. The molecule has 3 rings (SSSR count). The van der Waals surface area contributed by atoms with E-state index < -0.39 is 0 Å². The average Bonchev–Trinajstić information content (AvgIpc) is 2.61. The van der Waals surface area contributed by atoms with Gasteiger partial charge in [0.25, 0.3) is 0 Å². The van der Waals surface area contributed by atoms with E-state index in [1.807, 2.05) is 29.2 Å². The molecule has 0 saturated carbocycles. The van der Waals surface area contributed by atoms with E-state index in [-0.39, 0.29) is 5.91 Å². The van der Waals surface area contributed by atoms with Gasteiger partial charge >= 0.3 is 0 Å². The SMILES string of the molecule is O=C1CNCCN1c1ccc(OCCCN2CCCCC2)cc1. The number of carbonyl (C=O) groups excluding carboxylic acids is 1. The number of hydrogen-bond acceptors (Lipinski definition) is 4. The topological polar surface area (TPSA) is 44.8 Å². The first-order valence-corrected chi connectivity index (χ1v) is 8.79. The lowest BCUT2D eigenvalue weighted by molar-refractivity contribution is -0.118. The van der Waals surface area contributed by atoms with Gasteiger partial charge < -0.3 is 19.9 Å². The molecule has 5 nitrogen and oxygen atoms in total. The van der Waals surface area contributed by atoms with Gasteiger partial charge in [-0.25, -0.2) is 0 Å². The van der Waals surface area contributed by atoms with E-state index in [2.05, 4.69) is 10.2 Å². The van der Waals surface area contributed by atoms with Crippen LogP contribution in [0.3, 0.4) is 0 Å². The van der Waals surface area contributed by atoms with Crippen LogP contribution in [0.2, 0.25) is 0 Å². The van der Waals surface area contributed by atoms with Gasteiger partial charge in [-0.2, -0.15) is 0 Å². The first kappa shape index (κ1) is 16.3. The molecule has 1 N–H and O–H groups in total. The number of benzene rings is 1. The molecule has 0 atom stereocenters. The van der Waals surface area contributed by atoms with Crippen molar-refractivity contribution in [1.82, 2.24) is 10.2 Å². The predicted molar refractivity (Wildman–Crippen MR) is 92.1 cm³/mol. The Balaban J connectivity index is 1.41. The Bertz CT molecular complexity index is 497. The summed E-state index contributed by atoms with van der Waals surface area (Å²) < 4.78 is 5.82. The number of rotatable bonds is 6. The molecule has 0 radical (unpaired) electrons. The van der Waals surface area contributed by atoms with Gasteiger partial charge in [0.15, 0.2) is 0 Å². The van der Waals surface area contributed by atoms with Gasteiger partial charge in [-0.1, -0.05) is 6.42 Å². The van der Waals surface area contributed by atoms with E-state index in [1.54, 1.807) is 0 Å². The van der Waals surface area contributed by atoms with Gasteiger partial charge in [-0.15, -0.1) is 0 Å². The summed E-state index contributed by atoms with van der Waals surface area (Å²) in [5, 5.41) is 3.09. The summed E-state index contributed by atoms with van der Waals surface area (Å²) in [5.74, 6) is 1.02. The number of carbonyl (C=O) groups is 1. The highest BCUT2D eigenvalue weighted by molar-refractivity contribution is 5.95. The van der Waals surface area contributed by atoms with Gasteiger partial charge in [0.2, 0.25) is 5.91 Å². The number of likely N-dealkylation sites (tertiary alicyclic amines) is 1. The van der Waals surface area contributed by atoms with E-state index in [0.29, 0.717) is 6.54 Å². The second-order valence-corrected chi connectivity index (χ2v) is 6.32. The minimum atomic E-state index is 0.131. The smallest absolute Gasteiger partial charge is 0.240 e. The molecule has 126 valence electrons. The van der Waals surface area contributed by atoms with Crippen LogP contribution in [0.1, 0.15) is 25.7 Å². The summed E-state index contributed by atoms with van der Waals surface area (Å²) in [4.78, 5) is 16.2. The van der Waals surface area contributed by atoms with Crippen molar-refractivity contribution in [3.8, 4) is 5.75 Å².